The highest BCUT2D eigenvalue weighted by molar-refractivity contribution is 4.87. The molecule has 3 heteroatoms. The Kier molecular flexibility index (Phi) is 3.71. The molecule has 1 rings (SSSR count). The fraction of sp³-hybridized carbons (Fsp3) is 1.00. The van der Waals surface area contributed by atoms with E-state index in [0.717, 1.165) is 13.1 Å². The molecular weight excluding hydrogens is 166 g/mol. The van der Waals surface area contributed by atoms with E-state index in [0.29, 0.717) is 6.04 Å². The quantitative estimate of drug-likeness (QED) is 0.635. The van der Waals surface area contributed by atoms with Crippen LogP contribution in [0.5, 0.6) is 0 Å². The van der Waals surface area contributed by atoms with Crippen molar-refractivity contribution in [1.82, 2.24) is 4.90 Å². The smallest absolute Gasteiger partial charge is 0.0558 e. The van der Waals surface area contributed by atoms with Crippen molar-refractivity contribution in [1.29, 1.82) is 0 Å². The zero-order valence-corrected chi connectivity index (χ0v) is 8.66. The van der Waals surface area contributed by atoms with Crippen molar-refractivity contribution >= 4 is 0 Å². The highest BCUT2D eigenvalue weighted by atomic mass is 16.3. The first-order valence-electron chi connectivity index (χ1n) is 5.05. The normalized spacial score (nSPS) is 18.2. The summed E-state index contributed by atoms with van der Waals surface area (Å²) in [5.41, 5.74) is -0.0439. The van der Waals surface area contributed by atoms with Crippen LogP contribution >= 0.6 is 0 Å². The molecule has 78 valence electrons. The topological polar surface area (TPSA) is 43.7 Å². The number of rotatable bonds is 6. The minimum atomic E-state index is -0.0439. The van der Waals surface area contributed by atoms with Crippen molar-refractivity contribution in [2.24, 2.45) is 5.41 Å². The van der Waals surface area contributed by atoms with Gasteiger partial charge in [0.1, 0.15) is 0 Å². The molecule has 1 aliphatic carbocycles. The largest absolute Gasteiger partial charge is 0.396 e. The highest BCUT2D eigenvalue weighted by Crippen LogP contribution is 2.29. The molecular formula is C10H21NO2. The Morgan fingerprint density at radius 1 is 1.31 bits per heavy atom. The third-order valence-electron chi connectivity index (χ3n) is 2.51. The standard InChI is InChI=1S/C10H21NO2/c1-10(2,8-13)7-11(5-6-12)9-3-4-9/h9,12-13H,3-8H2,1-2H3. The lowest BCUT2D eigenvalue weighted by molar-refractivity contribution is 0.0869. The van der Waals surface area contributed by atoms with Gasteiger partial charge in [0.2, 0.25) is 0 Å². The van der Waals surface area contributed by atoms with E-state index in [9.17, 15) is 0 Å². The molecule has 0 atom stereocenters. The second kappa shape index (κ2) is 4.40. The Labute approximate surface area is 80.4 Å². The average molecular weight is 187 g/mol. The minimum Gasteiger partial charge on any atom is -0.396 e. The zero-order chi connectivity index (χ0) is 9.90. The first-order valence-corrected chi connectivity index (χ1v) is 5.05. The van der Waals surface area contributed by atoms with Gasteiger partial charge in [-0.15, -0.1) is 0 Å². The lowest BCUT2D eigenvalue weighted by atomic mass is 9.94. The fourth-order valence-electron chi connectivity index (χ4n) is 1.56. The average Bonchev–Trinajstić information content (AvgIpc) is 2.86. The summed E-state index contributed by atoms with van der Waals surface area (Å²) in [6.07, 6.45) is 2.50. The van der Waals surface area contributed by atoms with E-state index in [1.54, 1.807) is 0 Å². The molecule has 0 radical (unpaired) electrons. The van der Waals surface area contributed by atoms with Crippen LogP contribution in [0.25, 0.3) is 0 Å². The van der Waals surface area contributed by atoms with Crippen LogP contribution < -0.4 is 0 Å². The van der Waals surface area contributed by atoms with Gasteiger partial charge < -0.3 is 10.2 Å². The number of aliphatic hydroxyl groups excluding tert-OH is 2. The van der Waals surface area contributed by atoms with Crippen LogP contribution in [-0.4, -0.2) is 47.5 Å². The number of nitrogens with zero attached hydrogens (tertiary/aromatic N) is 1. The molecule has 0 saturated heterocycles. The van der Waals surface area contributed by atoms with Crippen molar-refractivity contribution in [3.05, 3.63) is 0 Å². The summed E-state index contributed by atoms with van der Waals surface area (Å²) >= 11 is 0. The highest BCUT2D eigenvalue weighted by Gasteiger charge is 2.32. The second-order valence-corrected chi connectivity index (χ2v) is 4.75. The first kappa shape index (κ1) is 11.0. The molecule has 0 aliphatic heterocycles. The third kappa shape index (κ3) is 3.63. The van der Waals surface area contributed by atoms with Crippen molar-refractivity contribution in [3.63, 3.8) is 0 Å². The molecule has 2 N–H and O–H groups in total. The Hall–Kier alpha value is -0.120. The van der Waals surface area contributed by atoms with Crippen molar-refractivity contribution in [2.45, 2.75) is 32.7 Å². The van der Waals surface area contributed by atoms with Crippen molar-refractivity contribution < 1.29 is 10.2 Å². The number of hydrogen-bond acceptors (Lipinski definition) is 3. The zero-order valence-electron chi connectivity index (χ0n) is 8.66. The molecule has 0 bridgehead atoms. The van der Waals surface area contributed by atoms with Crippen LogP contribution in [0.4, 0.5) is 0 Å². The molecule has 0 spiro atoms. The van der Waals surface area contributed by atoms with E-state index < -0.39 is 0 Å². The SMILES string of the molecule is CC(C)(CO)CN(CCO)C1CC1. The summed E-state index contributed by atoms with van der Waals surface area (Å²) in [5.74, 6) is 0. The molecule has 1 fully saturated rings. The third-order valence-corrected chi connectivity index (χ3v) is 2.51. The van der Waals surface area contributed by atoms with E-state index in [1.807, 2.05) is 0 Å². The van der Waals surface area contributed by atoms with E-state index in [2.05, 4.69) is 18.7 Å². The summed E-state index contributed by atoms with van der Waals surface area (Å²) in [4.78, 5) is 2.29. The molecule has 0 aromatic rings. The van der Waals surface area contributed by atoms with Gasteiger partial charge in [0.05, 0.1) is 6.61 Å². The Morgan fingerprint density at radius 3 is 2.31 bits per heavy atom. The summed E-state index contributed by atoms with van der Waals surface area (Å²) in [5, 5.41) is 18.0. The van der Waals surface area contributed by atoms with E-state index >= 15 is 0 Å². The molecule has 3 nitrogen and oxygen atoms in total. The predicted molar refractivity (Wildman–Crippen MR) is 52.5 cm³/mol. The maximum atomic E-state index is 9.12. The van der Waals surface area contributed by atoms with Gasteiger partial charge in [-0.05, 0) is 12.8 Å². The van der Waals surface area contributed by atoms with Gasteiger partial charge in [0.15, 0.2) is 0 Å². The van der Waals surface area contributed by atoms with E-state index in [1.165, 1.54) is 12.8 Å². The lowest BCUT2D eigenvalue weighted by Gasteiger charge is -2.30. The monoisotopic (exact) mass is 187 g/mol. The molecule has 0 amide bonds. The molecule has 1 saturated carbocycles. The van der Waals surface area contributed by atoms with Gasteiger partial charge in [-0.25, -0.2) is 0 Å². The van der Waals surface area contributed by atoms with Gasteiger partial charge >= 0.3 is 0 Å². The summed E-state index contributed by atoms with van der Waals surface area (Å²) in [6, 6.07) is 0.665. The van der Waals surface area contributed by atoms with Gasteiger partial charge in [0, 0.05) is 31.2 Å². The summed E-state index contributed by atoms with van der Waals surface area (Å²) in [6.45, 7) is 6.17. The Bertz CT molecular complexity index is 155. The molecule has 0 unspecified atom stereocenters. The van der Waals surface area contributed by atoms with Crippen LogP contribution in [0.3, 0.4) is 0 Å². The Morgan fingerprint density at radius 2 is 1.92 bits per heavy atom. The summed E-state index contributed by atoms with van der Waals surface area (Å²) < 4.78 is 0. The number of hydrogen-bond donors (Lipinski definition) is 2. The second-order valence-electron chi connectivity index (χ2n) is 4.75. The fourth-order valence-corrected chi connectivity index (χ4v) is 1.56. The number of aliphatic hydroxyl groups is 2. The van der Waals surface area contributed by atoms with Crippen LogP contribution in [0.15, 0.2) is 0 Å². The van der Waals surface area contributed by atoms with Crippen LogP contribution in [0.2, 0.25) is 0 Å². The molecule has 0 aromatic carbocycles. The summed E-state index contributed by atoms with van der Waals surface area (Å²) in [7, 11) is 0. The van der Waals surface area contributed by atoms with Gasteiger partial charge in [0.25, 0.3) is 0 Å². The van der Waals surface area contributed by atoms with E-state index in [4.69, 9.17) is 10.2 Å². The maximum absolute atomic E-state index is 9.12. The Balaban J connectivity index is 2.36. The van der Waals surface area contributed by atoms with Crippen LogP contribution in [0.1, 0.15) is 26.7 Å². The first-order chi connectivity index (χ1) is 6.09. The maximum Gasteiger partial charge on any atom is 0.0558 e. The molecule has 13 heavy (non-hydrogen) atoms. The van der Waals surface area contributed by atoms with Gasteiger partial charge in [-0.1, -0.05) is 13.8 Å². The lowest BCUT2D eigenvalue weighted by Crippen LogP contribution is -2.39. The molecule has 1 aliphatic rings. The van der Waals surface area contributed by atoms with E-state index in [-0.39, 0.29) is 18.6 Å². The van der Waals surface area contributed by atoms with Crippen LogP contribution in [-0.2, 0) is 0 Å². The van der Waals surface area contributed by atoms with Gasteiger partial charge in [-0.3, -0.25) is 4.90 Å². The minimum absolute atomic E-state index is 0.0439. The predicted octanol–water partition coefficient (Wildman–Crippen LogP) is 0.462. The van der Waals surface area contributed by atoms with Crippen molar-refractivity contribution in [3.8, 4) is 0 Å². The molecule has 0 aromatic heterocycles. The molecule has 0 heterocycles. The van der Waals surface area contributed by atoms with Crippen molar-refractivity contribution in [2.75, 3.05) is 26.3 Å². The van der Waals surface area contributed by atoms with Gasteiger partial charge in [-0.2, -0.15) is 0 Å². The van der Waals surface area contributed by atoms with Crippen LogP contribution in [0, 0.1) is 5.41 Å².